The molecule has 88 valence electrons. The van der Waals surface area contributed by atoms with E-state index in [1.54, 1.807) is 6.92 Å². The predicted octanol–water partition coefficient (Wildman–Crippen LogP) is 0.943. The second-order valence-electron chi connectivity index (χ2n) is 4.06. The molecule has 1 amide bonds. The smallest absolute Gasteiger partial charge is 0.407 e. The summed E-state index contributed by atoms with van der Waals surface area (Å²) in [5, 5.41) is 8.80. The molecule has 1 aliphatic heterocycles. The molecule has 0 saturated carbocycles. The summed E-state index contributed by atoms with van der Waals surface area (Å²) in [7, 11) is -3.97. The molecule has 7 heteroatoms. The first-order valence-electron chi connectivity index (χ1n) is 4.83. The summed E-state index contributed by atoms with van der Waals surface area (Å²) in [5.41, 5.74) is 0. The number of hydrogen-bond acceptors (Lipinski definition) is 2. The predicted molar refractivity (Wildman–Crippen MR) is 53.8 cm³/mol. The van der Waals surface area contributed by atoms with Gasteiger partial charge in [-0.15, -0.1) is 0 Å². The number of likely N-dealkylation sites (tertiary alicyclic amines) is 1. The third-order valence-electron chi connectivity index (χ3n) is 2.73. The Bertz CT molecular complexity index is 289. The second kappa shape index (κ2) is 4.51. The Kier molecular flexibility index (Phi) is 3.76. The van der Waals surface area contributed by atoms with E-state index < -0.39 is 13.7 Å². The number of nitrogens with zero attached hydrogens (tertiary/aromatic N) is 1. The van der Waals surface area contributed by atoms with E-state index in [1.807, 2.05) is 0 Å². The van der Waals surface area contributed by atoms with Gasteiger partial charge in [0.1, 0.15) is 0 Å². The van der Waals surface area contributed by atoms with Crippen LogP contribution in [0.4, 0.5) is 4.79 Å². The van der Waals surface area contributed by atoms with Crippen molar-refractivity contribution in [3.8, 4) is 0 Å². The minimum atomic E-state index is -3.97. The van der Waals surface area contributed by atoms with Crippen molar-refractivity contribution in [2.75, 3.05) is 12.7 Å². The van der Waals surface area contributed by atoms with Crippen molar-refractivity contribution in [1.82, 2.24) is 4.90 Å². The van der Waals surface area contributed by atoms with Gasteiger partial charge in [0.25, 0.3) is 0 Å². The van der Waals surface area contributed by atoms with Crippen molar-refractivity contribution in [2.45, 2.75) is 25.8 Å². The summed E-state index contributed by atoms with van der Waals surface area (Å²) >= 11 is 0. The Labute approximate surface area is 88.1 Å². The lowest BCUT2D eigenvalue weighted by molar-refractivity contribution is 0.0989. The summed E-state index contributed by atoms with van der Waals surface area (Å²) in [5.74, 6) is -0.0727. The van der Waals surface area contributed by atoms with E-state index in [2.05, 4.69) is 0 Å². The van der Waals surface area contributed by atoms with Crippen LogP contribution in [0.5, 0.6) is 0 Å². The molecule has 0 aromatic rings. The molecule has 0 radical (unpaired) electrons. The number of carbonyl (C=O) groups is 1. The standard InChI is InChI=1S/C8H16NO5P/c1-6-4-7(5-15(12,13)14)2-3-9(6)8(10)11/h6-7H,2-5H2,1H3,(H,10,11)(H2,12,13,14)/t6-,7+/m1/s1. The van der Waals surface area contributed by atoms with Gasteiger partial charge in [-0.2, -0.15) is 0 Å². The maximum atomic E-state index is 10.8. The van der Waals surface area contributed by atoms with Gasteiger partial charge >= 0.3 is 13.7 Å². The average molecular weight is 237 g/mol. The Morgan fingerprint density at radius 3 is 2.53 bits per heavy atom. The molecule has 1 aliphatic rings. The van der Waals surface area contributed by atoms with Crippen LogP contribution in [0, 0.1) is 5.92 Å². The fourth-order valence-corrected chi connectivity index (χ4v) is 3.06. The zero-order valence-corrected chi connectivity index (χ0v) is 9.43. The molecule has 2 atom stereocenters. The normalized spacial score (nSPS) is 27.8. The van der Waals surface area contributed by atoms with Gasteiger partial charge < -0.3 is 19.8 Å². The first-order chi connectivity index (χ1) is 6.79. The van der Waals surface area contributed by atoms with Crippen LogP contribution in [-0.2, 0) is 4.57 Å². The molecular formula is C8H16NO5P. The quantitative estimate of drug-likeness (QED) is 0.621. The van der Waals surface area contributed by atoms with Crippen LogP contribution in [0.3, 0.4) is 0 Å². The molecule has 0 spiro atoms. The summed E-state index contributed by atoms with van der Waals surface area (Å²) in [6.07, 6.45) is -0.0404. The van der Waals surface area contributed by atoms with Crippen LogP contribution in [0.1, 0.15) is 19.8 Å². The molecule has 0 aromatic heterocycles. The molecule has 15 heavy (non-hydrogen) atoms. The van der Waals surface area contributed by atoms with Crippen molar-refractivity contribution in [3.05, 3.63) is 0 Å². The maximum Gasteiger partial charge on any atom is 0.407 e. The monoisotopic (exact) mass is 237 g/mol. The van der Waals surface area contributed by atoms with E-state index in [9.17, 15) is 9.36 Å². The van der Waals surface area contributed by atoms with Gasteiger partial charge in [0.15, 0.2) is 0 Å². The van der Waals surface area contributed by atoms with Gasteiger partial charge in [0.05, 0.1) is 6.16 Å². The van der Waals surface area contributed by atoms with Crippen LogP contribution in [-0.4, -0.2) is 44.6 Å². The summed E-state index contributed by atoms with van der Waals surface area (Å²) < 4.78 is 10.8. The fraction of sp³-hybridized carbons (Fsp3) is 0.875. The molecule has 1 rings (SSSR count). The number of amides is 1. The Balaban J connectivity index is 2.51. The van der Waals surface area contributed by atoms with E-state index >= 15 is 0 Å². The van der Waals surface area contributed by atoms with E-state index in [4.69, 9.17) is 14.9 Å². The molecule has 0 aliphatic carbocycles. The maximum absolute atomic E-state index is 10.8. The molecule has 6 nitrogen and oxygen atoms in total. The van der Waals surface area contributed by atoms with Crippen molar-refractivity contribution in [2.24, 2.45) is 5.92 Å². The van der Waals surface area contributed by atoms with Crippen LogP contribution in [0.15, 0.2) is 0 Å². The number of piperidine rings is 1. The Hall–Kier alpha value is -0.580. The molecule has 3 N–H and O–H groups in total. The van der Waals surface area contributed by atoms with Gasteiger partial charge in [-0.1, -0.05) is 0 Å². The molecule has 0 aromatic carbocycles. The van der Waals surface area contributed by atoms with Gasteiger partial charge in [-0.05, 0) is 25.7 Å². The first-order valence-corrected chi connectivity index (χ1v) is 6.63. The average Bonchev–Trinajstić information content (AvgIpc) is 1.99. The van der Waals surface area contributed by atoms with E-state index in [-0.39, 0.29) is 18.1 Å². The zero-order chi connectivity index (χ0) is 11.6. The van der Waals surface area contributed by atoms with Crippen molar-refractivity contribution in [1.29, 1.82) is 0 Å². The third-order valence-corrected chi connectivity index (χ3v) is 3.72. The highest BCUT2D eigenvalue weighted by Crippen LogP contribution is 2.40. The summed E-state index contributed by atoms with van der Waals surface area (Å²) in [4.78, 5) is 29.7. The van der Waals surface area contributed by atoms with Crippen LogP contribution in [0.25, 0.3) is 0 Å². The van der Waals surface area contributed by atoms with E-state index in [1.165, 1.54) is 4.90 Å². The lowest BCUT2D eigenvalue weighted by atomic mass is 9.93. The van der Waals surface area contributed by atoms with Gasteiger partial charge in [0.2, 0.25) is 0 Å². The largest absolute Gasteiger partial charge is 0.465 e. The molecule has 1 saturated heterocycles. The lowest BCUT2D eigenvalue weighted by Crippen LogP contribution is -2.44. The van der Waals surface area contributed by atoms with Crippen molar-refractivity contribution < 1.29 is 24.3 Å². The summed E-state index contributed by atoms with van der Waals surface area (Å²) in [6, 6.07) is -0.159. The first kappa shape index (κ1) is 12.5. The minimum absolute atomic E-state index is 0.0727. The highest BCUT2D eigenvalue weighted by molar-refractivity contribution is 7.51. The van der Waals surface area contributed by atoms with Gasteiger partial charge in [-0.25, -0.2) is 4.79 Å². The fourth-order valence-electron chi connectivity index (χ4n) is 2.06. The van der Waals surface area contributed by atoms with E-state index in [0.29, 0.717) is 19.4 Å². The molecule has 0 unspecified atom stereocenters. The topological polar surface area (TPSA) is 98.1 Å². The lowest BCUT2D eigenvalue weighted by Gasteiger charge is -2.35. The number of rotatable bonds is 2. The summed E-state index contributed by atoms with van der Waals surface area (Å²) in [6.45, 7) is 2.13. The SMILES string of the molecule is C[C@@H]1C[C@@H](CP(=O)(O)O)CCN1C(=O)O. The van der Waals surface area contributed by atoms with Crippen LogP contribution in [0.2, 0.25) is 0 Å². The molecule has 1 heterocycles. The number of hydrogen-bond donors (Lipinski definition) is 3. The Morgan fingerprint density at radius 1 is 1.53 bits per heavy atom. The van der Waals surface area contributed by atoms with Crippen LogP contribution >= 0.6 is 7.60 Å². The van der Waals surface area contributed by atoms with Crippen molar-refractivity contribution >= 4 is 13.7 Å². The highest BCUT2D eigenvalue weighted by atomic mass is 31.2. The molecule has 1 fully saturated rings. The second-order valence-corrected chi connectivity index (χ2v) is 5.76. The van der Waals surface area contributed by atoms with E-state index in [0.717, 1.165) is 0 Å². The van der Waals surface area contributed by atoms with Crippen LogP contribution < -0.4 is 0 Å². The van der Waals surface area contributed by atoms with Gasteiger partial charge in [-0.3, -0.25) is 4.57 Å². The zero-order valence-electron chi connectivity index (χ0n) is 8.54. The highest BCUT2D eigenvalue weighted by Gasteiger charge is 2.31. The molecular weight excluding hydrogens is 221 g/mol. The molecule has 0 bridgehead atoms. The minimum Gasteiger partial charge on any atom is -0.465 e. The number of carboxylic acid groups (broad SMARTS) is 1. The van der Waals surface area contributed by atoms with Gasteiger partial charge in [0, 0.05) is 12.6 Å². The van der Waals surface area contributed by atoms with Crippen molar-refractivity contribution in [3.63, 3.8) is 0 Å². The third kappa shape index (κ3) is 3.81. The Morgan fingerprint density at radius 2 is 2.13 bits per heavy atom.